The van der Waals surface area contributed by atoms with Crippen LogP contribution in [0.5, 0.6) is 5.75 Å². The molecule has 2 aromatic rings. The highest BCUT2D eigenvalue weighted by atomic mass is 32.2. The first kappa shape index (κ1) is 49.2. The van der Waals surface area contributed by atoms with Crippen molar-refractivity contribution in [2.45, 2.75) is 101 Å². The number of amides is 6. The second kappa shape index (κ2) is 21.3. The number of carboxylic acids is 1. The number of hydrogen-bond donors (Lipinski definition) is 11. The summed E-state index contributed by atoms with van der Waals surface area (Å²) in [6.07, 6.45) is -5.96. The van der Waals surface area contributed by atoms with E-state index < -0.39 is 188 Å². The van der Waals surface area contributed by atoms with Gasteiger partial charge in [0.05, 0.1) is 78.4 Å². The van der Waals surface area contributed by atoms with E-state index in [2.05, 4.69) is 31.6 Å². The molecule has 0 aliphatic carbocycles. The van der Waals surface area contributed by atoms with Crippen molar-refractivity contribution in [3.8, 4) is 5.75 Å². The van der Waals surface area contributed by atoms with Gasteiger partial charge in [-0.25, -0.2) is 0 Å². The number of aliphatic hydroxyl groups is 3. The number of nitrogens with zero attached hydrogens (tertiary/aromatic N) is 1. The number of phenols is 1. The lowest BCUT2D eigenvalue weighted by molar-refractivity contribution is -0.148. The van der Waals surface area contributed by atoms with Crippen LogP contribution >= 0.6 is 0 Å². The zero-order chi connectivity index (χ0) is 47.2. The second-order valence-electron chi connectivity index (χ2n) is 16.7. The molecule has 350 valence electrons. The first-order valence-electron chi connectivity index (χ1n) is 20.9. The highest BCUT2D eigenvalue weighted by Crippen LogP contribution is 2.32. The number of benzene rings is 1. The fraction of sp³-hybridized carbons (Fsp3) is 0.585. The quantitative estimate of drug-likeness (QED) is 0.131. The number of carbonyl (C=O) groups excluding carboxylic acids is 8. The number of ketones is 2. The summed E-state index contributed by atoms with van der Waals surface area (Å²) < 4.78 is 14.6. The highest BCUT2D eigenvalue weighted by Gasteiger charge is 2.45. The summed E-state index contributed by atoms with van der Waals surface area (Å²) in [7, 11) is -2.34. The molecule has 1 aromatic heterocycles. The molecule has 6 amide bonds. The third-order valence-electron chi connectivity index (χ3n) is 12.1. The molecule has 2 unspecified atom stereocenters. The number of Topliss-reactive ketones (excluding diaryl/α,β-unsaturated/α-hetero) is 2. The number of aliphatic carboxylic acids is 1. The number of H-pyrrole nitrogens is 1. The lowest BCUT2D eigenvalue weighted by atomic mass is 9.85. The van der Waals surface area contributed by atoms with Gasteiger partial charge in [0.25, 0.3) is 0 Å². The first-order chi connectivity index (χ1) is 30.2. The predicted molar refractivity (Wildman–Crippen MR) is 223 cm³/mol. The Hall–Kier alpha value is -5.78. The van der Waals surface area contributed by atoms with E-state index >= 15 is 0 Å². The number of carboxylic acid groups (broad SMARTS) is 1. The van der Waals surface area contributed by atoms with Crippen LogP contribution in [-0.2, 0) is 60.4 Å². The predicted octanol–water partition coefficient (Wildman–Crippen LogP) is -3.14. The van der Waals surface area contributed by atoms with Gasteiger partial charge in [0.2, 0.25) is 35.4 Å². The van der Waals surface area contributed by atoms with Gasteiger partial charge in [0.15, 0.2) is 11.6 Å². The van der Waals surface area contributed by atoms with Crippen molar-refractivity contribution >= 4 is 74.7 Å². The van der Waals surface area contributed by atoms with Gasteiger partial charge in [0.1, 0.15) is 22.9 Å². The molecule has 0 spiro atoms. The van der Waals surface area contributed by atoms with Crippen LogP contribution in [0, 0.1) is 23.7 Å². The van der Waals surface area contributed by atoms with Crippen LogP contribution in [0.15, 0.2) is 23.2 Å². The number of phenolic OH excluding ortho intramolecular Hbond substituents is 1. The number of aromatic hydroxyl groups is 1. The van der Waals surface area contributed by atoms with Gasteiger partial charge in [-0.3, -0.25) is 47.4 Å². The van der Waals surface area contributed by atoms with Crippen LogP contribution in [0.2, 0.25) is 0 Å². The van der Waals surface area contributed by atoms with E-state index in [-0.39, 0.29) is 21.9 Å². The minimum atomic E-state index is -2.34. The Morgan fingerprint density at radius 2 is 1.56 bits per heavy atom. The fourth-order valence-corrected chi connectivity index (χ4v) is 9.66. The molecule has 64 heavy (non-hydrogen) atoms. The van der Waals surface area contributed by atoms with Crippen LogP contribution in [0.25, 0.3) is 10.9 Å². The smallest absolute Gasteiger partial charge is 0.304 e. The molecule has 2 bridgehead atoms. The second-order valence-corrected chi connectivity index (χ2v) is 18.1. The Balaban J connectivity index is 1.73. The summed E-state index contributed by atoms with van der Waals surface area (Å²) in [4.78, 5) is 128. The first-order valence-corrected chi connectivity index (χ1v) is 22.3. The Morgan fingerprint density at radius 1 is 0.891 bits per heavy atom. The van der Waals surface area contributed by atoms with Crippen molar-refractivity contribution in [1.82, 2.24) is 36.5 Å². The normalized spacial score (nSPS) is 28.8. The summed E-state index contributed by atoms with van der Waals surface area (Å²) in [5.74, 6) is -14.8. The molecule has 0 saturated carbocycles. The molecule has 4 heterocycles. The number of aliphatic hydroxyl groups excluding tert-OH is 3. The average Bonchev–Trinajstić information content (AvgIpc) is 3.82. The standard InChI is InChI=1S/C41H55N7O15S/c1-4-18(2)35-39(61)43-13-32(55)44-27-17-64(63)40-25(24-6-5-22(50)11-26(24)45-40)7-20(37(59)42-14-33(56)46-35)8-30(53)36(19(3)31(54)16-49)47-38(60)28-12-23(51)15-48(28)41(62)21(9-29(27)52)10-34(57)58/h5-6,11,18-21,23,27-28,31,35-36,45,49-51,54H,4,7-10,12-17H2,1-3H3,(H,42,59)(H,43,61)(H,44,55)(H,46,56)(H,47,60)(H,57,58)/t18-,19-,20-,21-,23?,27?,28-,31-,35-,36-,64+/m0/s1. The molecule has 1 aromatic carbocycles. The van der Waals surface area contributed by atoms with Crippen molar-refractivity contribution in [3.63, 3.8) is 0 Å². The third-order valence-corrected chi connectivity index (χ3v) is 13.5. The number of hydrogen-bond acceptors (Lipinski definition) is 14. The van der Waals surface area contributed by atoms with E-state index in [9.17, 15) is 72.9 Å². The number of carbonyl (C=O) groups is 9. The molecule has 1 fully saturated rings. The Bertz CT molecular complexity index is 2200. The van der Waals surface area contributed by atoms with E-state index in [1.165, 1.54) is 25.1 Å². The van der Waals surface area contributed by atoms with Gasteiger partial charge < -0.3 is 62.0 Å². The average molecular weight is 918 g/mol. The molecule has 3 aliphatic rings. The summed E-state index contributed by atoms with van der Waals surface area (Å²) in [6.45, 7) is 1.90. The minimum absolute atomic E-state index is 0.122. The van der Waals surface area contributed by atoms with E-state index in [0.29, 0.717) is 11.8 Å². The Labute approximate surface area is 369 Å². The van der Waals surface area contributed by atoms with Gasteiger partial charge >= 0.3 is 5.97 Å². The fourth-order valence-electron chi connectivity index (χ4n) is 8.23. The van der Waals surface area contributed by atoms with Crippen molar-refractivity contribution in [2.75, 3.05) is 32.0 Å². The van der Waals surface area contributed by atoms with Gasteiger partial charge in [-0.1, -0.05) is 27.2 Å². The third kappa shape index (κ3) is 11.7. The largest absolute Gasteiger partial charge is 0.508 e. The van der Waals surface area contributed by atoms with Gasteiger partial charge in [0, 0.05) is 49.1 Å². The number of aromatic nitrogens is 1. The van der Waals surface area contributed by atoms with Crippen LogP contribution in [0.4, 0.5) is 0 Å². The molecule has 0 radical (unpaired) electrons. The maximum atomic E-state index is 14.6. The van der Waals surface area contributed by atoms with Crippen LogP contribution < -0.4 is 26.6 Å². The zero-order valence-corrected chi connectivity index (χ0v) is 36.3. The molecule has 23 heteroatoms. The van der Waals surface area contributed by atoms with E-state index in [0.717, 1.165) is 4.90 Å². The molecule has 5 rings (SSSR count). The topological polar surface area (TPSA) is 351 Å². The Morgan fingerprint density at radius 3 is 2.22 bits per heavy atom. The maximum absolute atomic E-state index is 14.6. The zero-order valence-electron chi connectivity index (χ0n) is 35.5. The molecule has 11 N–H and O–H groups in total. The lowest BCUT2D eigenvalue weighted by Crippen LogP contribution is -2.56. The van der Waals surface area contributed by atoms with Gasteiger partial charge in [-0.05, 0) is 30.0 Å². The van der Waals surface area contributed by atoms with Crippen molar-refractivity contribution in [1.29, 1.82) is 0 Å². The number of fused-ring (bicyclic) bond motifs is 5. The van der Waals surface area contributed by atoms with Crippen molar-refractivity contribution in [3.05, 3.63) is 23.8 Å². The van der Waals surface area contributed by atoms with Gasteiger partial charge in [-0.15, -0.1) is 0 Å². The molecular formula is C41H55N7O15S. The summed E-state index contributed by atoms with van der Waals surface area (Å²) in [5, 5.41) is 64.1. The van der Waals surface area contributed by atoms with E-state index in [4.69, 9.17) is 0 Å². The van der Waals surface area contributed by atoms with Crippen molar-refractivity contribution < 1.29 is 72.9 Å². The Kier molecular flexibility index (Phi) is 16.4. The summed E-state index contributed by atoms with van der Waals surface area (Å²) in [5.41, 5.74) is 0.346. The number of rotatable bonds is 7. The minimum Gasteiger partial charge on any atom is -0.508 e. The van der Waals surface area contributed by atoms with Crippen LogP contribution in [0.3, 0.4) is 0 Å². The van der Waals surface area contributed by atoms with E-state index in [1.54, 1.807) is 13.8 Å². The summed E-state index contributed by atoms with van der Waals surface area (Å²) >= 11 is 0. The number of nitrogens with one attached hydrogen (secondary N) is 6. The highest BCUT2D eigenvalue weighted by molar-refractivity contribution is 7.85. The molecule has 3 aliphatic heterocycles. The van der Waals surface area contributed by atoms with Crippen molar-refractivity contribution in [2.24, 2.45) is 23.7 Å². The SMILES string of the molecule is CC[C@H](C)[C@@H]1NC(=O)CNC(=O)[C@@H]2CC(=O)[C@H]([C@@H](C)[C@@H](O)CO)NC(=O)[C@@H]3CC(O)CN3C(=O)[C@H](CC(=O)O)CC(=O)C(C[S@@](=O)c3[nH]c4cc(O)ccc4c3C2)NC(=O)CNC1=O. The molecule has 1 saturated heterocycles. The molecular weight excluding hydrogens is 863 g/mol. The van der Waals surface area contributed by atoms with Gasteiger partial charge in [-0.2, -0.15) is 0 Å². The van der Waals surface area contributed by atoms with Crippen LogP contribution in [-0.4, -0.2) is 161 Å². The van der Waals surface area contributed by atoms with E-state index in [1.807, 2.05) is 0 Å². The van der Waals surface area contributed by atoms with Crippen LogP contribution in [0.1, 0.15) is 58.4 Å². The maximum Gasteiger partial charge on any atom is 0.304 e. The lowest BCUT2D eigenvalue weighted by Gasteiger charge is -2.32. The monoisotopic (exact) mass is 917 g/mol. The molecule has 22 nitrogen and oxygen atoms in total. The summed E-state index contributed by atoms with van der Waals surface area (Å²) in [6, 6.07) is -2.14. The molecule has 11 atom stereocenters. The number of aromatic amines is 1.